The minimum absolute atomic E-state index is 0.273. The molecule has 0 radical (unpaired) electrons. The zero-order valence-electron chi connectivity index (χ0n) is 17.8. The lowest BCUT2D eigenvalue weighted by molar-refractivity contribution is 0.102. The number of hydrogen-bond acceptors (Lipinski definition) is 5. The van der Waals surface area contributed by atoms with E-state index < -0.39 is 0 Å². The van der Waals surface area contributed by atoms with Crippen molar-refractivity contribution in [2.24, 2.45) is 5.92 Å². The van der Waals surface area contributed by atoms with E-state index in [9.17, 15) is 4.79 Å². The second kappa shape index (κ2) is 10.1. The fourth-order valence-electron chi connectivity index (χ4n) is 3.92. The minimum atomic E-state index is -0.273. The molecule has 6 nitrogen and oxygen atoms in total. The van der Waals surface area contributed by atoms with Gasteiger partial charge in [0, 0.05) is 18.8 Å². The molecule has 1 N–H and O–H groups in total. The van der Waals surface area contributed by atoms with Gasteiger partial charge in [-0.15, -0.1) is 10.2 Å². The maximum atomic E-state index is 12.5. The van der Waals surface area contributed by atoms with Crippen molar-refractivity contribution in [1.29, 1.82) is 0 Å². The van der Waals surface area contributed by atoms with Crippen LogP contribution < -0.4 is 15.0 Å². The second-order valence-electron chi connectivity index (χ2n) is 7.81. The summed E-state index contributed by atoms with van der Waals surface area (Å²) in [7, 11) is 0. The number of nitrogens with zero attached hydrogens (tertiary/aromatic N) is 3. The van der Waals surface area contributed by atoms with Gasteiger partial charge in [0.1, 0.15) is 5.75 Å². The van der Waals surface area contributed by atoms with Crippen LogP contribution in [0.1, 0.15) is 35.8 Å². The summed E-state index contributed by atoms with van der Waals surface area (Å²) in [4.78, 5) is 14.7. The Hall–Kier alpha value is -3.41. The number of ether oxygens (including phenoxy) is 1. The van der Waals surface area contributed by atoms with E-state index in [-0.39, 0.29) is 5.91 Å². The molecule has 1 amide bonds. The van der Waals surface area contributed by atoms with E-state index in [1.807, 2.05) is 37.3 Å². The SMILES string of the molecule is CCOc1ccc(NC(=O)c2ccc(N3CCC(Cc4ccccc4)CC3)nn2)cc1. The number of piperidine rings is 1. The first-order valence-electron chi connectivity index (χ1n) is 10.9. The smallest absolute Gasteiger partial charge is 0.276 e. The Labute approximate surface area is 183 Å². The van der Waals surface area contributed by atoms with Gasteiger partial charge in [0.05, 0.1) is 6.61 Å². The number of carbonyl (C=O) groups excluding carboxylic acids is 1. The maximum Gasteiger partial charge on any atom is 0.276 e. The number of aromatic nitrogens is 2. The Bertz CT molecular complexity index is 967. The number of carbonyl (C=O) groups is 1. The van der Waals surface area contributed by atoms with E-state index >= 15 is 0 Å². The molecular formula is C25H28N4O2. The summed E-state index contributed by atoms with van der Waals surface area (Å²) in [6.45, 7) is 4.47. The van der Waals surface area contributed by atoms with Crippen molar-refractivity contribution in [2.45, 2.75) is 26.2 Å². The monoisotopic (exact) mass is 416 g/mol. The third-order valence-corrected chi connectivity index (χ3v) is 5.61. The number of amides is 1. The van der Waals surface area contributed by atoms with E-state index in [0.29, 0.717) is 23.9 Å². The molecule has 0 saturated carbocycles. The molecule has 2 heterocycles. The average molecular weight is 417 g/mol. The van der Waals surface area contributed by atoms with Crippen molar-refractivity contribution in [3.63, 3.8) is 0 Å². The molecule has 0 aliphatic carbocycles. The summed E-state index contributed by atoms with van der Waals surface area (Å²) in [5.74, 6) is 2.03. The summed E-state index contributed by atoms with van der Waals surface area (Å²) in [5, 5.41) is 11.3. The number of nitrogens with one attached hydrogen (secondary N) is 1. The van der Waals surface area contributed by atoms with Crippen LogP contribution in [-0.4, -0.2) is 35.8 Å². The number of hydrogen-bond donors (Lipinski definition) is 1. The zero-order valence-corrected chi connectivity index (χ0v) is 17.8. The van der Waals surface area contributed by atoms with Crippen molar-refractivity contribution in [3.05, 3.63) is 78.0 Å². The maximum absolute atomic E-state index is 12.5. The molecule has 0 spiro atoms. The van der Waals surface area contributed by atoms with Gasteiger partial charge in [-0.25, -0.2) is 0 Å². The molecule has 31 heavy (non-hydrogen) atoms. The molecule has 160 valence electrons. The van der Waals surface area contributed by atoms with Crippen LogP contribution in [0.15, 0.2) is 66.7 Å². The molecule has 0 atom stereocenters. The van der Waals surface area contributed by atoms with Crippen LogP contribution in [0.2, 0.25) is 0 Å². The van der Waals surface area contributed by atoms with Gasteiger partial charge in [-0.3, -0.25) is 4.79 Å². The lowest BCUT2D eigenvalue weighted by Gasteiger charge is -2.32. The van der Waals surface area contributed by atoms with Crippen molar-refractivity contribution in [3.8, 4) is 5.75 Å². The molecule has 4 rings (SSSR count). The van der Waals surface area contributed by atoms with Gasteiger partial charge >= 0.3 is 0 Å². The molecule has 1 aliphatic heterocycles. The summed E-state index contributed by atoms with van der Waals surface area (Å²) in [6, 6.07) is 21.6. The highest BCUT2D eigenvalue weighted by Gasteiger charge is 2.21. The molecule has 1 fully saturated rings. The van der Waals surface area contributed by atoms with Crippen LogP contribution in [0.3, 0.4) is 0 Å². The highest BCUT2D eigenvalue weighted by atomic mass is 16.5. The standard InChI is InChI=1S/C25H28N4O2/c1-2-31-22-10-8-21(9-11-22)26-25(30)23-12-13-24(28-27-23)29-16-14-20(15-17-29)18-19-6-4-3-5-7-19/h3-13,20H,2,14-18H2,1H3,(H,26,30). The van der Waals surface area contributed by atoms with Crippen LogP contribution in [0.25, 0.3) is 0 Å². The van der Waals surface area contributed by atoms with Crippen LogP contribution >= 0.6 is 0 Å². The Balaban J connectivity index is 1.29. The highest BCUT2D eigenvalue weighted by molar-refractivity contribution is 6.02. The van der Waals surface area contributed by atoms with Gasteiger partial charge in [0.15, 0.2) is 11.5 Å². The first-order valence-corrected chi connectivity index (χ1v) is 10.9. The molecule has 0 bridgehead atoms. The van der Waals surface area contributed by atoms with Crippen molar-refractivity contribution in [2.75, 3.05) is 29.9 Å². The van der Waals surface area contributed by atoms with Crippen LogP contribution in [-0.2, 0) is 6.42 Å². The van der Waals surface area contributed by atoms with Gasteiger partial charge in [0.25, 0.3) is 5.91 Å². The Kier molecular flexibility index (Phi) is 6.77. The van der Waals surface area contributed by atoms with Gasteiger partial charge in [-0.05, 0) is 74.1 Å². The topological polar surface area (TPSA) is 67.3 Å². The average Bonchev–Trinajstić information content (AvgIpc) is 2.82. The fraction of sp³-hybridized carbons (Fsp3) is 0.320. The molecule has 3 aromatic rings. The summed E-state index contributed by atoms with van der Waals surface area (Å²) in [6.07, 6.45) is 3.40. The zero-order chi connectivity index (χ0) is 21.5. The lowest BCUT2D eigenvalue weighted by atomic mass is 9.90. The van der Waals surface area contributed by atoms with Crippen molar-refractivity contribution < 1.29 is 9.53 Å². The third kappa shape index (κ3) is 5.60. The van der Waals surface area contributed by atoms with E-state index in [0.717, 1.165) is 43.9 Å². The summed E-state index contributed by atoms with van der Waals surface area (Å²) in [5.41, 5.74) is 2.40. The van der Waals surface area contributed by atoms with Gasteiger partial charge in [-0.2, -0.15) is 0 Å². The largest absolute Gasteiger partial charge is 0.494 e. The van der Waals surface area contributed by atoms with E-state index in [1.54, 1.807) is 6.07 Å². The van der Waals surface area contributed by atoms with Gasteiger partial charge in [-0.1, -0.05) is 30.3 Å². The van der Waals surface area contributed by atoms with Crippen LogP contribution in [0.5, 0.6) is 5.75 Å². The number of benzene rings is 2. The van der Waals surface area contributed by atoms with E-state index in [2.05, 4.69) is 50.7 Å². The Morgan fingerprint density at radius 1 is 1.00 bits per heavy atom. The highest BCUT2D eigenvalue weighted by Crippen LogP contribution is 2.24. The first-order chi connectivity index (χ1) is 15.2. The molecule has 1 aromatic heterocycles. The third-order valence-electron chi connectivity index (χ3n) is 5.61. The van der Waals surface area contributed by atoms with Gasteiger partial charge in [0.2, 0.25) is 0 Å². The predicted octanol–water partition coefficient (Wildman–Crippen LogP) is 4.59. The number of rotatable bonds is 7. The lowest BCUT2D eigenvalue weighted by Crippen LogP contribution is -2.35. The summed E-state index contributed by atoms with van der Waals surface area (Å²) < 4.78 is 5.42. The minimum Gasteiger partial charge on any atom is -0.494 e. The normalized spacial score (nSPS) is 14.3. The van der Waals surface area contributed by atoms with E-state index in [1.165, 1.54) is 5.56 Å². The molecule has 0 unspecified atom stereocenters. The molecule has 1 saturated heterocycles. The Morgan fingerprint density at radius 3 is 2.39 bits per heavy atom. The molecule has 6 heteroatoms. The quantitative estimate of drug-likeness (QED) is 0.610. The Morgan fingerprint density at radius 2 is 1.74 bits per heavy atom. The first kappa shape index (κ1) is 20.8. The molecular weight excluding hydrogens is 388 g/mol. The second-order valence-corrected chi connectivity index (χ2v) is 7.81. The van der Waals surface area contributed by atoms with Crippen molar-refractivity contribution in [1.82, 2.24) is 10.2 Å². The fourth-order valence-corrected chi connectivity index (χ4v) is 3.92. The molecule has 1 aliphatic rings. The van der Waals surface area contributed by atoms with Crippen molar-refractivity contribution >= 4 is 17.4 Å². The number of anilines is 2. The van der Waals surface area contributed by atoms with E-state index in [4.69, 9.17) is 4.74 Å². The van der Waals surface area contributed by atoms with Gasteiger partial charge < -0.3 is 15.0 Å². The molecule has 2 aromatic carbocycles. The summed E-state index contributed by atoms with van der Waals surface area (Å²) >= 11 is 0. The van der Waals surface area contributed by atoms with Crippen LogP contribution in [0, 0.1) is 5.92 Å². The predicted molar refractivity (Wildman–Crippen MR) is 123 cm³/mol. The van der Waals surface area contributed by atoms with Crippen LogP contribution in [0.4, 0.5) is 11.5 Å².